The van der Waals surface area contributed by atoms with Crippen LogP contribution >= 0.6 is 11.6 Å². The molecule has 0 bridgehead atoms. The van der Waals surface area contributed by atoms with Gasteiger partial charge in [0.05, 0.1) is 5.56 Å². The fourth-order valence-corrected chi connectivity index (χ4v) is 1.59. The van der Waals surface area contributed by atoms with Gasteiger partial charge < -0.3 is 10.6 Å². The lowest BCUT2D eigenvalue weighted by Gasteiger charge is -2.19. The topological polar surface area (TPSA) is 46.3 Å². The minimum absolute atomic E-state index is 0.0471. The van der Waals surface area contributed by atoms with Crippen molar-refractivity contribution < 1.29 is 4.79 Å². The summed E-state index contributed by atoms with van der Waals surface area (Å²) in [4.78, 5) is 13.7. The number of nitrogens with two attached hydrogens (primary N) is 1. The highest BCUT2D eigenvalue weighted by Gasteiger charge is 2.14. The molecule has 2 N–H and O–H groups in total. The zero-order chi connectivity index (χ0) is 11.4. The molecule has 1 aromatic rings. The molecule has 0 fully saturated rings. The maximum atomic E-state index is 11.9. The molecule has 0 unspecified atom stereocenters. The number of nitrogens with zero attached hydrogens (tertiary/aromatic N) is 1. The van der Waals surface area contributed by atoms with E-state index >= 15 is 0 Å². The normalized spacial score (nSPS) is 10.1. The number of benzene rings is 1. The Labute approximate surface area is 94.8 Å². The Morgan fingerprint density at radius 2 is 2.00 bits per heavy atom. The van der Waals surface area contributed by atoms with Gasteiger partial charge in [0.15, 0.2) is 0 Å². The molecule has 82 valence electrons. The highest BCUT2D eigenvalue weighted by Crippen LogP contribution is 2.19. The Bertz CT molecular complexity index is 362. The van der Waals surface area contributed by atoms with Gasteiger partial charge in [0.25, 0.3) is 5.91 Å². The van der Waals surface area contributed by atoms with Crippen LogP contribution in [0.4, 0.5) is 5.69 Å². The summed E-state index contributed by atoms with van der Waals surface area (Å²) in [6.45, 7) is 5.23. The van der Waals surface area contributed by atoms with Gasteiger partial charge in [-0.15, -0.1) is 0 Å². The number of hydrogen-bond donors (Lipinski definition) is 1. The van der Waals surface area contributed by atoms with Crippen LogP contribution in [0.3, 0.4) is 0 Å². The van der Waals surface area contributed by atoms with E-state index in [1.165, 1.54) is 0 Å². The van der Waals surface area contributed by atoms with Gasteiger partial charge in [0.2, 0.25) is 0 Å². The zero-order valence-corrected chi connectivity index (χ0v) is 9.71. The van der Waals surface area contributed by atoms with Crippen LogP contribution < -0.4 is 5.73 Å². The third-order valence-electron chi connectivity index (χ3n) is 2.29. The molecule has 3 nitrogen and oxygen atoms in total. The number of hydrogen-bond acceptors (Lipinski definition) is 2. The number of nitrogen functional groups attached to an aromatic ring is 1. The van der Waals surface area contributed by atoms with Crippen molar-refractivity contribution in [3.8, 4) is 0 Å². The highest BCUT2D eigenvalue weighted by atomic mass is 35.5. The lowest BCUT2D eigenvalue weighted by molar-refractivity contribution is 0.0774. The van der Waals surface area contributed by atoms with Crippen LogP contribution in [0.15, 0.2) is 18.2 Å². The largest absolute Gasteiger partial charge is 0.398 e. The van der Waals surface area contributed by atoms with E-state index in [1.807, 2.05) is 13.8 Å². The summed E-state index contributed by atoms with van der Waals surface area (Å²) < 4.78 is 0. The van der Waals surface area contributed by atoms with Crippen molar-refractivity contribution >= 4 is 23.2 Å². The molecule has 0 saturated heterocycles. The Hall–Kier alpha value is -1.22. The average Bonchev–Trinajstić information content (AvgIpc) is 2.19. The summed E-state index contributed by atoms with van der Waals surface area (Å²) in [5, 5.41) is 0.545. The molecule has 0 saturated carbocycles. The SMILES string of the molecule is CCN(CC)C(=O)c1ccc(Cl)cc1N. The molecule has 0 aliphatic carbocycles. The number of halogens is 1. The van der Waals surface area contributed by atoms with Gasteiger partial charge >= 0.3 is 0 Å². The standard InChI is InChI=1S/C11H15ClN2O/c1-3-14(4-2)11(15)9-6-5-8(12)7-10(9)13/h5-7H,3-4,13H2,1-2H3. The fraction of sp³-hybridized carbons (Fsp3) is 0.364. The third-order valence-corrected chi connectivity index (χ3v) is 2.53. The quantitative estimate of drug-likeness (QED) is 0.805. The van der Waals surface area contributed by atoms with E-state index < -0.39 is 0 Å². The summed E-state index contributed by atoms with van der Waals surface area (Å²) in [7, 11) is 0. The molecule has 0 radical (unpaired) electrons. The third kappa shape index (κ3) is 2.63. The first-order valence-electron chi connectivity index (χ1n) is 4.94. The van der Waals surface area contributed by atoms with E-state index in [-0.39, 0.29) is 5.91 Å². The molecule has 1 amide bonds. The second-order valence-corrected chi connectivity index (χ2v) is 3.65. The van der Waals surface area contributed by atoms with Crippen LogP contribution in [0, 0.1) is 0 Å². The summed E-state index contributed by atoms with van der Waals surface area (Å²) in [5.41, 5.74) is 6.68. The maximum Gasteiger partial charge on any atom is 0.255 e. The van der Waals surface area contributed by atoms with Crippen LogP contribution in [0.2, 0.25) is 5.02 Å². The van der Waals surface area contributed by atoms with Gasteiger partial charge in [-0.05, 0) is 32.0 Å². The van der Waals surface area contributed by atoms with Gasteiger partial charge in [-0.2, -0.15) is 0 Å². The molecular formula is C11H15ClN2O. The van der Waals surface area contributed by atoms with Gasteiger partial charge in [-0.1, -0.05) is 11.6 Å². The number of rotatable bonds is 3. The van der Waals surface area contributed by atoms with Crippen molar-refractivity contribution in [2.24, 2.45) is 0 Å². The minimum Gasteiger partial charge on any atom is -0.398 e. The average molecular weight is 227 g/mol. The predicted octanol–water partition coefficient (Wildman–Crippen LogP) is 2.40. The molecule has 0 heterocycles. The number of amides is 1. The van der Waals surface area contributed by atoms with Gasteiger partial charge in [0, 0.05) is 23.8 Å². The predicted molar refractivity (Wildman–Crippen MR) is 63.1 cm³/mol. The lowest BCUT2D eigenvalue weighted by atomic mass is 10.1. The van der Waals surface area contributed by atoms with Crippen molar-refractivity contribution in [1.82, 2.24) is 4.90 Å². The van der Waals surface area contributed by atoms with Crippen molar-refractivity contribution in [2.45, 2.75) is 13.8 Å². The Morgan fingerprint density at radius 1 is 1.40 bits per heavy atom. The fourth-order valence-electron chi connectivity index (χ4n) is 1.41. The minimum atomic E-state index is -0.0471. The van der Waals surface area contributed by atoms with Crippen LogP contribution in [0.25, 0.3) is 0 Å². The molecule has 4 heteroatoms. The Morgan fingerprint density at radius 3 is 2.47 bits per heavy atom. The monoisotopic (exact) mass is 226 g/mol. The van der Waals surface area contributed by atoms with E-state index in [9.17, 15) is 4.79 Å². The molecule has 1 aromatic carbocycles. The second kappa shape index (κ2) is 5.03. The smallest absolute Gasteiger partial charge is 0.255 e. The first-order valence-corrected chi connectivity index (χ1v) is 5.32. The molecule has 0 spiro atoms. The van der Waals surface area contributed by atoms with Gasteiger partial charge in [-0.3, -0.25) is 4.79 Å². The highest BCUT2D eigenvalue weighted by molar-refractivity contribution is 6.31. The molecule has 0 aliphatic rings. The first-order chi connectivity index (χ1) is 7.10. The Kier molecular flexibility index (Phi) is 3.97. The lowest BCUT2D eigenvalue weighted by Crippen LogP contribution is -2.31. The summed E-state index contributed by atoms with van der Waals surface area (Å²) >= 11 is 5.76. The number of carbonyl (C=O) groups is 1. The van der Waals surface area contributed by atoms with E-state index in [2.05, 4.69) is 0 Å². The van der Waals surface area contributed by atoms with Gasteiger partial charge in [0.1, 0.15) is 0 Å². The zero-order valence-electron chi connectivity index (χ0n) is 8.96. The van der Waals surface area contributed by atoms with Crippen LogP contribution in [0.1, 0.15) is 24.2 Å². The van der Waals surface area contributed by atoms with Crippen molar-refractivity contribution in [3.63, 3.8) is 0 Å². The van der Waals surface area contributed by atoms with Crippen LogP contribution in [-0.2, 0) is 0 Å². The molecule has 0 aromatic heterocycles. The van der Waals surface area contributed by atoms with E-state index in [1.54, 1.807) is 23.1 Å². The summed E-state index contributed by atoms with van der Waals surface area (Å²) in [6.07, 6.45) is 0. The first kappa shape index (κ1) is 11.9. The molecule has 1 rings (SSSR count). The molecule has 0 atom stereocenters. The van der Waals surface area contributed by atoms with E-state index in [0.29, 0.717) is 29.4 Å². The van der Waals surface area contributed by atoms with Crippen LogP contribution in [0.5, 0.6) is 0 Å². The summed E-state index contributed by atoms with van der Waals surface area (Å²) in [5.74, 6) is -0.0471. The second-order valence-electron chi connectivity index (χ2n) is 3.21. The number of carbonyl (C=O) groups excluding carboxylic acids is 1. The Balaban J connectivity index is 3.00. The van der Waals surface area contributed by atoms with E-state index in [0.717, 1.165) is 0 Å². The van der Waals surface area contributed by atoms with Crippen LogP contribution in [-0.4, -0.2) is 23.9 Å². The molecule has 15 heavy (non-hydrogen) atoms. The van der Waals surface area contributed by atoms with Crippen molar-refractivity contribution in [2.75, 3.05) is 18.8 Å². The van der Waals surface area contributed by atoms with Crippen molar-refractivity contribution in [3.05, 3.63) is 28.8 Å². The van der Waals surface area contributed by atoms with Gasteiger partial charge in [-0.25, -0.2) is 0 Å². The van der Waals surface area contributed by atoms with Crippen molar-refractivity contribution in [1.29, 1.82) is 0 Å². The maximum absolute atomic E-state index is 11.9. The molecular weight excluding hydrogens is 212 g/mol. The van der Waals surface area contributed by atoms with E-state index in [4.69, 9.17) is 17.3 Å². The summed E-state index contributed by atoms with van der Waals surface area (Å²) in [6, 6.07) is 4.94. The number of anilines is 1. The molecule has 0 aliphatic heterocycles.